The molecule has 98 valence electrons. The van der Waals surface area contributed by atoms with Crippen LogP contribution in [0.4, 0.5) is 11.4 Å². The van der Waals surface area contributed by atoms with E-state index in [1.165, 1.54) is 0 Å². The van der Waals surface area contributed by atoms with Crippen LogP contribution < -0.4 is 11.1 Å². The van der Waals surface area contributed by atoms with E-state index in [0.717, 1.165) is 17.1 Å². The average molecular weight is 258 g/mol. The summed E-state index contributed by atoms with van der Waals surface area (Å²) < 4.78 is 0. The lowest BCUT2D eigenvalue weighted by Gasteiger charge is -2.32. The van der Waals surface area contributed by atoms with Crippen molar-refractivity contribution in [3.05, 3.63) is 23.8 Å². The van der Waals surface area contributed by atoms with E-state index in [0.29, 0.717) is 12.2 Å². The van der Waals surface area contributed by atoms with Crippen molar-refractivity contribution in [3.63, 3.8) is 0 Å². The predicted molar refractivity (Wildman–Crippen MR) is 70.7 cm³/mol. The summed E-state index contributed by atoms with van der Waals surface area (Å²) in [6.07, 6.45) is 0.190. The maximum Gasteiger partial charge on any atom is 0.249 e. The Morgan fingerprint density at radius 3 is 2.89 bits per heavy atom. The monoisotopic (exact) mass is 258 g/mol. The molecule has 2 amide bonds. The molecule has 1 aromatic carbocycles. The Morgan fingerprint density at radius 2 is 2.21 bits per heavy atom. The van der Waals surface area contributed by atoms with E-state index in [2.05, 4.69) is 10.3 Å². The van der Waals surface area contributed by atoms with E-state index in [4.69, 9.17) is 5.73 Å². The van der Waals surface area contributed by atoms with Gasteiger partial charge in [-0.2, -0.15) is 0 Å². The molecular formula is C13H14N4O2. The number of anilines is 1. The van der Waals surface area contributed by atoms with Crippen molar-refractivity contribution in [1.29, 1.82) is 0 Å². The van der Waals surface area contributed by atoms with Crippen LogP contribution in [-0.4, -0.2) is 28.6 Å². The van der Waals surface area contributed by atoms with Gasteiger partial charge in [-0.1, -0.05) is 6.07 Å². The first kappa shape index (κ1) is 11.7. The number of amidine groups is 1. The Kier molecular flexibility index (Phi) is 2.51. The number of carbonyl (C=O) groups excluding carboxylic acids is 2. The minimum atomic E-state index is -0.457. The second-order valence-corrected chi connectivity index (χ2v) is 4.81. The molecule has 6 nitrogen and oxygen atoms in total. The number of benzene rings is 1. The number of amides is 2. The Morgan fingerprint density at radius 1 is 1.42 bits per heavy atom. The zero-order valence-electron chi connectivity index (χ0n) is 10.5. The number of imide groups is 1. The fourth-order valence-corrected chi connectivity index (χ4v) is 2.48. The number of hydrogen-bond donors (Lipinski definition) is 2. The highest BCUT2D eigenvalue weighted by Gasteiger charge is 2.37. The van der Waals surface area contributed by atoms with E-state index >= 15 is 0 Å². The van der Waals surface area contributed by atoms with Gasteiger partial charge in [0, 0.05) is 12.2 Å². The van der Waals surface area contributed by atoms with E-state index in [9.17, 15) is 9.59 Å². The standard InChI is InChI=1S/C13H14N4O2/c1-7-15-10-4-9(14)3-2-8(10)6-17(7)11-5-12(18)16-13(11)19/h2-4,11H,5-6,14H2,1H3,(H,16,18,19). The first-order chi connectivity index (χ1) is 9.04. The number of nitrogens with zero attached hydrogens (tertiary/aromatic N) is 2. The van der Waals surface area contributed by atoms with Crippen LogP contribution in [0.1, 0.15) is 18.9 Å². The van der Waals surface area contributed by atoms with Crippen LogP contribution >= 0.6 is 0 Å². The van der Waals surface area contributed by atoms with Gasteiger partial charge < -0.3 is 10.6 Å². The van der Waals surface area contributed by atoms with Gasteiger partial charge in [0.2, 0.25) is 11.8 Å². The summed E-state index contributed by atoms with van der Waals surface area (Å²) >= 11 is 0. The molecule has 1 fully saturated rings. The molecule has 3 rings (SSSR count). The van der Waals surface area contributed by atoms with E-state index in [1.807, 2.05) is 30.0 Å². The topological polar surface area (TPSA) is 87.8 Å². The van der Waals surface area contributed by atoms with Crippen LogP contribution in [0, 0.1) is 0 Å². The van der Waals surface area contributed by atoms with Crippen molar-refractivity contribution in [1.82, 2.24) is 10.2 Å². The third-order valence-corrected chi connectivity index (χ3v) is 3.47. The zero-order chi connectivity index (χ0) is 13.6. The SMILES string of the molecule is CC1=Nc2cc(N)ccc2CN1C1CC(=O)NC1=O. The second kappa shape index (κ2) is 4.08. The predicted octanol–water partition coefficient (Wildman–Crippen LogP) is 0.549. The van der Waals surface area contributed by atoms with Crippen LogP contribution in [0.3, 0.4) is 0 Å². The Hall–Kier alpha value is -2.37. The lowest BCUT2D eigenvalue weighted by molar-refractivity contribution is -0.125. The van der Waals surface area contributed by atoms with Crippen LogP contribution in [-0.2, 0) is 16.1 Å². The summed E-state index contributed by atoms with van der Waals surface area (Å²) in [6, 6.07) is 5.08. The highest BCUT2D eigenvalue weighted by atomic mass is 16.2. The van der Waals surface area contributed by atoms with Crippen molar-refractivity contribution in [2.75, 3.05) is 5.73 Å². The molecule has 1 atom stereocenters. The summed E-state index contributed by atoms with van der Waals surface area (Å²) in [5, 5.41) is 2.32. The van der Waals surface area contributed by atoms with E-state index in [1.54, 1.807) is 0 Å². The zero-order valence-corrected chi connectivity index (χ0v) is 10.5. The van der Waals surface area contributed by atoms with Gasteiger partial charge in [0.15, 0.2) is 0 Å². The van der Waals surface area contributed by atoms with Crippen LogP contribution in [0.2, 0.25) is 0 Å². The number of nitrogen functional groups attached to an aromatic ring is 1. The van der Waals surface area contributed by atoms with Crippen LogP contribution in [0.15, 0.2) is 23.2 Å². The number of rotatable bonds is 1. The number of nitrogens with one attached hydrogen (secondary N) is 1. The maximum absolute atomic E-state index is 11.7. The molecule has 0 radical (unpaired) electrons. The summed E-state index contributed by atoms with van der Waals surface area (Å²) in [6.45, 7) is 2.40. The number of hydrogen-bond acceptors (Lipinski definition) is 5. The quantitative estimate of drug-likeness (QED) is 0.568. The van der Waals surface area contributed by atoms with Gasteiger partial charge >= 0.3 is 0 Å². The summed E-state index contributed by atoms with van der Waals surface area (Å²) in [4.78, 5) is 29.4. The normalized spacial score (nSPS) is 22.1. The summed E-state index contributed by atoms with van der Waals surface area (Å²) in [7, 11) is 0. The average Bonchev–Trinajstić information content (AvgIpc) is 2.67. The van der Waals surface area contributed by atoms with Gasteiger partial charge in [-0.05, 0) is 24.6 Å². The maximum atomic E-state index is 11.7. The number of fused-ring (bicyclic) bond motifs is 1. The first-order valence-electron chi connectivity index (χ1n) is 6.08. The summed E-state index contributed by atoms with van der Waals surface area (Å²) in [5.41, 5.74) is 8.24. The van der Waals surface area contributed by atoms with E-state index in [-0.39, 0.29) is 18.2 Å². The van der Waals surface area contributed by atoms with E-state index < -0.39 is 6.04 Å². The van der Waals surface area contributed by atoms with Crippen LogP contribution in [0.5, 0.6) is 0 Å². The van der Waals surface area contributed by atoms with Crippen LogP contribution in [0.25, 0.3) is 0 Å². The van der Waals surface area contributed by atoms with Gasteiger partial charge in [0.1, 0.15) is 11.9 Å². The number of aliphatic imine (C=N–C) groups is 1. The highest BCUT2D eigenvalue weighted by molar-refractivity contribution is 6.07. The van der Waals surface area contributed by atoms with Crippen molar-refractivity contribution >= 4 is 29.0 Å². The van der Waals surface area contributed by atoms with Gasteiger partial charge in [-0.3, -0.25) is 14.9 Å². The molecule has 1 saturated heterocycles. The molecule has 1 aromatic rings. The van der Waals surface area contributed by atoms with Gasteiger partial charge in [-0.15, -0.1) is 0 Å². The van der Waals surface area contributed by atoms with Crippen molar-refractivity contribution < 1.29 is 9.59 Å². The lowest BCUT2D eigenvalue weighted by atomic mass is 10.1. The molecule has 19 heavy (non-hydrogen) atoms. The van der Waals surface area contributed by atoms with Gasteiger partial charge in [-0.25, -0.2) is 4.99 Å². The Balaban J connectivity index is 1.94. The molecule has 2 heterocycles. The number of nitrogens with two attached hydrogens (primary N) is 1. The fraction of sp³-hybridized carbons (Fsp3) is 0.308. The molecule has 1 unspecified atom stereocenters. The first-order valence-corrected chi connectivity index (χ1v) is 6.08. The molecule has 0 bridgehead atoms. The highest BCUT2D eigenvalue weighted by Crippen LogP contribution is 2.30. The lowest BCUT2D eigenvalue weighted by Crippen LogP contribution is -2.44. The third-order valence-electron chi connectivity index (χ3n) is 3.47. The second-order valence-electron chi connectivity index (χ2n) is 4.81. The Bertz CT molecular complexity index is 609. The third kappa shape index (κ3) is 1.95. The molecular weight excluding hydrogens is 244 g/mol. The molecule has 0 aliphatic carbocycles. The van der Waals surface area contributed by atoms with Gasteiger partial charge in [0.05, 0.1) is 12.1 Å². The minimum Gasteiger partial charge on any atom is -0.399 e. The molecule has 2 aliphatic heterocycles. The largest absolute Gasteiger partial charge is 0.399 e. The number of carbonyl (C=O) groups is 2. The fourth-order valence-electron chi connectivity index (χ4n) is 2.48. The molecule has 6 heteroatoms. The molecule has 0 spiro atoms. The molecule has 0 saturated carbocycles. The summed E-state index contributed by atoms with van der Waals surface area (Å²) in [5.74, 6) is 0.247. The molecule has 0 aromatic heterocycles. The molecule has 2 aliphatic rings. The van der Waals surface area contributed by atoms with Crippen molar-refractivity contribution in [3.8, 4) is 0 Å². The smallest absolute Gasteiger partial charge is 0.249 e. The Labute approximate surface area is 110 Å². The van der Waals surface area contributed by atoms with Crippen molar-refractivity contribution in [2.45, 2.75) is 25.9 Å². The minimum absolute atomic E-state index is 0.190. The molecule has 3 N–H and O–H groups in total. The van der Waals surface area contributed by atoms with Gasteiger partial charge in [0.25, 0.3) is 0 Å². The van der Waals surface area contributed by atoms with Crippen molar-refractivity contribution in [2.24, 2.45) is 4.99 Å².